The zero-order chi connectivity index (χ0) is 68.8. The SMILES string of the molecule is CC(C)(C)OC(=O)Nc1cc(-c2cccc(-c3ccc(C(=O)N4CCN(C(=O)OCc5ccccc5)CC4)cc3)c2)[nH]n1.CC(C)(C)OC(=O)Nc1cc(-c2cccc(Br)c2)[nH]n1.CC1(C)OB(c2ccc(C(=O)N3CCN(C(=O)OCc4ccccc4)CC3)cc2)OC1(C)C. The van der Waals surface area contributed by atoms with E-state index in [2.05, 4.69) is 47.0 Å². The predicted molar refractivity (Wildman–Crippen MR) is 371 cm³/mol. The number of H-pyrrole nitrogens is 2. The first kappa shape index (κ1) is 70.5. The lowest BCUT2D eigenvalue weighted by Crippen LogP contribution is -2.50. The average molecular weight is 1370 g/mol. The fraction of sp³-hybridized carbons (Fsp3) is 0.333. The van der Waals surface area contributed by atoms with E-state index in [1.165, 1.54) is 0 Å². The quantitative estimate of drug-likeness (QED) is 0.0656. The number of nitrogens with one attached hydrogen (secondary N) is 4. The summed E-state index contributed by atoms with van der Waals surface area (Å²) in [7, 11) is -0.454. The van der Waals surface area contributed by atoms with Crippen molar-refractivity contribution in [1.29, 1.82) is 0 Å². The van der Waals surface area contributed by atoms with Gasteiger partial charge in [-0.2, -0.15) is 10.2 Å². The third-order valence-corrected chi connectivity index (χ3v) is 16.4. The first-order chi connectivity index (χ1) is 45.6. The van der Waals surface area contributed by atoms with E-state index in [0.717, 1.165) is 54.7 Å². The Morgan fingerprint density at radius 2 is 0.865 bits per heavy atom. The molecule has 4 N–H and O–H groups in total. The van der Waals surface area contributed by atoms with E-state index in [0.29, 0.717) is 75.1 Å². The van der Waals surface area contributed by atoms with Crippen molar-refractivity contribution in [2.45, 2.75) is 105 Å². The van der Waals surface area contributed by atoms with Crippen molar-refractivity contribution in [1.82, 2.24) is 40.0 Å². The lowest BCUT2D eigenvalue weighted by atomic mass is 9.79. The average Bonchev–Trinajstić information content (AvgIpc) is 1.64. The Labute approximate surface area is 568 Å². The van der Waals surface area contributed by atoms with Crippen LogP contribution in [0, 0.1) is 0 Å². The fourth-order valence-corrected chi connectivity index (χ4v) is 10.5. The maximum Gasteiger partial charge on any atom is 0.494 e. The van der Waals surface area contributed by atoms with Crippen LogP contribution in [0.1, 0.15) is 101 Å². The number of piperazine rings is 2. The van der Waals surface area contributed by atoms with Crippen molar-refractivity contribution < 1.29 is 57.0 Å². The van der Waals surface area contributed by atoms with E-state index in [1.54, 1.807) is 52.5 Å². The maximum atomic E-state index is 13.2. The Hall–Kier alpha value is -9.78. The molecule has 5 heterocycles. The molecule has 6 amide bonds. The molecular weight excluding hydrogens is 1290 g/mol. The number of hydrogen-bond donors (Lipinski definition) is 4. The number of hydrogen-bond acceptors (Lipinski definition) is 14. The minimum absolute atomic E-state index is 0.0484. The van der Waals surface area contributed by atoms with Gasteiger partial charge >= 0.3 is 31.5 Å². The van der Waals surface area contributed by atoms with Crippen molar-refractivity contribution in [2.75, 3.05) is 63.0 Å². The van der Waals surface area contributed by atoms with Gasteiger partial charge in [0.05, 0.1) is 22.6 Å². The Morgan fingerprint density at radius 3 is 1.28 bits per heavy atom. The summed E-state index contributed by atoms with van der Waals surface area (Å²) in [6, 6.07) is 53.2. The third kappa shape index (κ3) is 19.9. The molecule has 3 saturated heterocycles. The second-order valence-electron chi connectivity index (χ2n) is 26.1. The molecule has 0 saturated carbocycles. The van der Waals surface area contributed by atoms with Crippen LogP contribution in [0.4, 0.5) is 30.8 Å². The number of halogens is 1. The van der Waals surface area contributed by atoms with Gasteiger partial charge in [-0.3, -0.25) is 30.4 Å². The second kappa shape index (κ2) is 31.2. The van der Waals surface area contributed by atoms with Gasteiger partial charge in [-0.25, -0.2) is 19.2 Å². The molecule has 0 bridgehead atoms. The van der Waals surface area contributed by atoms with E-state index < -0.39 is 41.7 Å². The number of anilines is 2. The molecule has 0 spiro atoms. The highest BCUT2D eigenvalue weighted by Crippen LogP contribution is 2.37. The topological polar surface area (TPSA) is 252 Å². The van der Waals surface area contributed by atoms with Crippen LogP contribution >= 0.6 is 15.9 Å². The lowest BCUT2D eigenvalue weighted by Gasteiger charge is -2.34. The summed E-state index contributed by atoms with van der Waals surface area (Å²) in [4.78, 5) is 81.5. The molecule has 0 radical (unpaired) electrons. The predicted octanol–water partition coefficient (Wildman–Crippen LogP) is 13.5. The maximum absolute atomic E-state index is 13.2. The standard InChI is InChI=1S/C33H35N5O5.C25H31BN2O5.C14H16BrN3O2/c1-33(2,3)43-31(40)34-29-21-28(35-36-29)27-11-7-10-26(20-27)24-12-14-25(15-13-24)30(39)37-16-18-38(19-17-37)32(41)42-22-23-8-5-4-6-9-23;1-24(2)25(3,4)33-26(32-24)21-12-10-20(11-13-21)22(29)27-14-16-28(17-15-27)23(30)31-18-19-8-6-5-7-9-19;1-14(2,3)20-13(19)16-12-8-11(17-18-12)9-5-4-6-10(15)7-9/h4-15,20-21H,16-19,22H2,1-3H3,(H2,34,35,36,40);5-13H,14-18H2,1-4H3;4-8H,1-3H3,(H2,16,17,18,19). The first-order valence-corrected chi connectivity index (χ1v) is 32.5. The normalized spacial score (nSPS) is 15.0. The summed E-state index contributed by atoms with van der Waals surface area (Å²) in [6.07, 6.45) is -1.81. The van der Waals surface area contributed by atoms with Crippen molar-refractivity contribution in [2.24, 2.45) is 0 Å². The molecule has 11 rings (SSSR count). The van der Waals surface area contributed by atoms with E-state index in [1.807, 2.05) is 206 Å². The van der Waals surface area contributed by atoms with Crippen molar-refractivity contribution in [3.8, 4) is 33.6 Å². The molecule has 3 aliphatic rings. The van der Waals surface area contributed by atoms with Gasteiger partial charge < -0.3 is 47.9 Å². The largest absolute Gasteiger partial charge is 0.494 e. The number of benzene rings is 6. The number of amides is 6. The number of rotatable bonds is 12. The van der Waals surface area contributed by atoms with Crippen LogP contribution in [0.2, 0.25) is 0 Å². The Kier molecular flexibility index (Phi) is 22.9. The number of aromatic nitrogens is 4. The fourth-order valence-electron chi connectivity index (χ4n) is 10.1. The van der Waals surface area contributed by atoms with Crippen molar-refractivity contribution in [3.63, 3.8) is 0 Å². The smallest absolute Gasteiger partial charge is 0.445 e. The van der Waals surface area contributed by atoms with Crippen LogP contribution in [-0.4, -0.2) is 158 Å². The minimum atomic E-state index is -0.606. The summed E-state index contributed by atoms with van der Waals surface area (Å²) in [6.45, 7) is 22.9. The molecule has 8 aromatic rings. The molecule has 0 aliphatic carbocycles. The summed E-state index contributed by atoms with van der Waals surface area (Å²) < 4.78 is 34.4. The molecule has 3 fully saturated rings. The molecular formula is C72H82BBrN10O12. The molecule has 3 aliphatic heterocycles. The Bertz CT molecular complexity index is 3940. The van der Waals surface area contributed by atoms with Gasteiger partial charge in [-0.05, 0) is 139 Å². The van der Waals surface area contributed by atoms with Crippen LogP contribution < -0.4 is 16.1 Å². The van der Waals surface area contributed by atoms with Gasteiger partial charge in [0.15, 0.2) is 11.6 Å². The van der Waals surface area contributed by atoms with Gasteiger partial charge in [0.2, 0.25) is 0 Å². The molecule has 24 heteroatoms. The number of ether oxygens (including phenoxy) is 4. The first-order valence-electron chi connectivity index (χ1n) is 31.7. The second-order valence-corrected chi connectivity index (χ2v) is 27.0. The van der Waals surface area contributed by atoms with Crippen molar-refractivity contribution >= 4 is 76.3 Å². The lowest BCUT2D eigenvalue weighted by molar-refractivity contribution is 0.00578. The monoisotopic (exact) mass is 1370 g/mol. The van der Waals surface area contributed by atoms with E-state index in [4.69, 9.17) is 28.3 Å². The summed E-state index contributed by atoms with van der Waals surface area (Å²) in [5, 5.41) is 19.3. The minimum Gasteiger partial charge on any atom is -0.445 e. The van der Waals surface area contributed by atoms with Crippen molar-refractivity contribution in [3.05, 3.63) is 197 Å². The summed E-state index contributed by atoms with van der Waals surface area (Å²) in [5.41, 5.74) is 7.35. The summed E-state index contributed by atoms with van der Waals surface area (Å²) in [5.74, 6) is 0.671. The molecule has 96 heavy (non-hydrogen) atoms. The molecule has 502 valence electrons. The van der Waals surface area contributed by atoms with Gasteiger partial charge in [0.1, 0.15) is 24.4 Å². The molecule has 0 unspecified atom stereocenters. The van der Waals surface area contributed by atoms with Crippen LogP contribution in [0.3, 0.4) is 0 Å². The van der Waals surface area contributed by atoms with Crippen LogP contribution in [0.25, 0.3) is 33.6 Å². The Morgan fingerprint density at radius 1 is 0.479 bits per heavy atom. The third-order valence-electron chi connectivity index (χ3n) is 15.9. The van der Waals surface area contributed by atoms with E-state index in [-0.39, 0.29) is 37.2 Å². The number of carbonyl (C=O) groups excluding carboxylic acids is 6. The molecule has 0 atom stereocenters. The van der Waals surface area contributed by atoms with Gasteiger partial charge in [0, 0.05) is 91.2 Å². The molecule has 6 aromatic carbocycles. The van der Waals surface area contributed by atoms with Gasteiger partial charge in [-0.15, -0.1) is 0 Å². The number of carbonyl (C=O) groups is 6. The Balaban J connectivity index is 0.000000180. The zero-order valence-corrected chi connectivity index (χ0v) is 57.4. The highest BCUT2D eigenvalue weighted by Gasteiger charge is 2.51. The summed E-state index contributed by atoms with van der Waals surface area (Å²) >= 11 is 3.42. The van der Waals surface area contributed by atoms with Gasteiger partial charge in [-0.1, -0.05) is 131 Å². The highest BCUT2D eigenvalue weighted by atomic mass is 79.9. The van der Waals surface area contributed by atoms with E-state index >= 15 is 0 Å². The van der Waals surface area contributed by atoms with Crippen LogP contribution in [0.5, 0.6) is 0 Å². The number of nitrogens with zero attached hydrogens (tertiary/aromatic N) is 6. The van der Waals surface area contributed by atoms with E-state index in [9.17, 15) is 28.8 Å². The number of aromatic amines is 2. The molecule has 2 aromatic heterocycles. The highest BCUT2D eigenvalue weighted by molar-refractivity contribution is 9.10. The van der Waals surface area contributed by atoms with Crippen LogP contribution in [-0.2, 0) is 41.5 Å². The zero-order valence-electron chi connectivity index (χ0n) is 55.8. The van der Waals surface area contributed by atoms with Gasteiger partial charge in [0.25, 0.3) is 11.8 Å². The van der Waals surface area contributed by atoms with Crippen LogP contribution in [0.15, 0.2) is 174 Å². The molecule has 22 nitrogen and oxygen atoms in total.